The third-order valence-electron chi connectivity index (χ3n) is 7.60. The molecule has 0 bridgehead atoms. The third-order valence-corrected chi connectivity index (χ3v) is 9.88. The van der Waals surface area contributed by atoms with Crippen molar-refractivity contribution in [1.29, 1.82) is 0 Å². The molecule has 5 rings (SSSR count). The zero-order chi connectivity index (χ0) is 32.4. The molecule has 239 valence electrons. The first-order valence-electron chi connectivity index (χ1n) is 14.4. The van der Waals surface area contributed by atoms with E-state index in [4.69, 9.17) is 20.8 Å². The van der Waals surface area contributed by atoms with E-state index in [-0.39, 0.29) is 55.5 Å². The van der Waals surface area contributed by atoms with Crippen LogP contribution in [0.25, 0.3) is 28.3 Å². The molecule has 1 unspecified atom stereocenters. The molecule has 14 heteroatoms. The summed E-state index contributed by atoms with van der Waals surface area (Å²) >= 11 is 6.24. The van der Waals surface area contributed by atoms with Crippen molar-refractivity contribution in [2.45, 2.75) is 44.9 Å². The van der Waals surface area contributed by atoms with Gasteiger partial charge in [0.25, 0.3) is 15.6 Å². The van der Waals surface area contributed by atoms with Crippen molar-refractivity contribution in [3.8, 4) is 16.9 Å². The summed E-state index contributed by atoms with van der Waals surface area (Å²) in [5.41, 5.74) is 4.78. The van der Waals surface area contributed by atoms with E-state index in [1.165, 1.54) is 6.92 Å². The number of anilines is 1. The zero-order valence-electron chi connectivity index (χ0n) is 25.7. The topological polar surface area (TPSA) is 141 Å². The maximum Gasteiger partial charge on any atom is 0.374 e. The van der Waals surface area contributed by atoms with Crippen molar-refractivity contribution in [3.63, 3.8) is 0 Å². The number of oxazole rings is 1. The standard InChI is InChI=1S/C32H33ClN2O8S2.Na/c1-3-23(18-31-34(15-7-17-44(36,37)38)28-21-26(33)11-13-30(28)43-31)19-32-35(16-14-22(2)45(39,40)41)27-20-25(10-12-29(27)42-32)24-8-5-4-6-9-24;/h4-6,8-13,18-22H,3,7,14-17H2,1-2H3,(H-,36,37,38,39,40,41);. The first kappa shape index (κ1) is 36.2. The summed E-state index contributed by atoms with van der Waals surface area (Å²) in [4.78, 5) is 1.78. The second-order valence-corrected chi connectivity index (χ2v) is 14.6. The van der Waals surface area contributed by atoms with Crippen LogP contribution in [0.1, 0.15) is 39.0 Å². The van der Waals surface area contributed by atoms with E-state index >= 15 is 0 Å². The molecular formula is C32H33ClN2NaO8S2. The fourth-order valence-electron chi connectivity index (χ4n) is 5.08. The van der Waals surface area contributed by atoms with Crippen LogP contribution in [0.3, 0.4) is 0 Å². The van der Waals surface area contributed by atoms with Gasteiger partial charge in [0.15, 0.2) is 12.3 Å². The number of aromatic nitrogens is 1. The molecule has 0 amide bonds. The Bertz CT molecular complexity index is 1990. The van der Waals surface area contributed by atoms with Crippen molar-refractivity contribution in [2.24, 2.45) is 0 Å². The summed E-state index contributed by atoms with van der Waals surface area (Å²) in [5.74, 6) is 0.916. The maximum atomic E-state index is 11.8. The Hall–Kier alpha value is -2.68. The van der Waals surface area contributed by atoms with Gasteiger partial charge in [-0.25, -0.2) is 8.42 Å². The molecule has 4 aromatic rings. The number of halogens is 1. The molecule has 0 saturated heterocycles. The summed E-state index contributed by atoms with van der Waals surface area (Å²) in [6.07, 6.45) is 4.44. The fourth-order valence-corrected chi connectivity index (χ4v) is 6.14. The molecule has 0 aliphatic carbocycles. The van der Waals surface area contributed by atoms with E-state index in [9.17, 15) is 25.9 Å². The Kier molecular flexibility index (Phi) is 11.8. The SMILES string of the molecule is CCC(=C/c1oc2ccc(-c3ccccc3)cc2[n+]1CCC(C)S(=O)(=O)O)/C=C1/Oc2ccc(Cl)cc2N1CCCS(=O)(=O)[O-].[Na]. The van der Waals surface area contributed by atoms with Gasteiger partial charge in [-0.3, -0.25) is 4.55 Å². The molecule has 1 aromatic heterocycles. The van der Waals surface area contributed by atoms with E-state index in [0.29, 0.717) is 40.2 Å². The Morgan fingerprint density at radius 2 is 1.80 bits per heavy atom. The molecular weight excluding hydrogens is 663 g/mol. The smallest absolute Gasteiger partial charge is 0.374 e. The van der Waals surface area contributed by atoms with Gasteiger partial charge in [-0.1, -0.05) is 54.9 Å². The van der Waals surface area contributed by atoms with Gasteiger partial charge in [0.05, 0.1) is 27.1 Å². The van der Waals surface area contributed by atoms with E-state index in [0.717, 1.165) is 22.2 Å². The van der Waals surface area contributed by atoms with Crippen LogP contribution in [-0.4, -0.2) is 73.0 Å². The quantitative estimate of drug-likeness (QED) is 0.111. The number of aryl methyl sites for hydroxylation is 1. The molecule has 1 radical (unpaired) electrons. The minimum atomic E-state index is -4.39. The monoisotopic (exact) mass is 695 g/mol. The van der Waals surface area contributed by atoms with Gasteiger partial charge in [-0.05, 0) is 60.7 Å². The second kappa shape index (κ2) is 15.0. The molecule has 0 saturated carbocycles. The Balaban J connectivity index is 0.00000480. The predicted octanol–water partition coefficient (Wildman–Crippen LogP) is 5.80. The van der Waals surface area contributed by atoms with Crippen LogP contribution in [0.2, 0.25) is 5.02 Å². The van der Waals surface area contributed by atoms with Crippen molar-refractivity contribution in [1.82, 2.24) is 0 Å². The van der Waals surface area contributed by atoms with Crippen molar-refractivity contribution < 1.29 is 39.7 Å². The van der Waals surface area contributed by atoms with Crippen molar-refractivity contribution in [2.75, 3.05) is 17.2 Å². The number of nitrogens with zero attached hydrogens (tertiary/aromatic N) is 2. The minimum Gasteiger partial charge on any atom is -0.748 e. The normalized spacial score (nSPS) is 15.1. The summed E-state index contributed by atoms with van der Waals surface area (Å²) in [7, 11) is -8.62. The summed E-state index contributed by atoms with van der Waals surface area (Å²) < 4.78 is 81.3. The van der Waals surface area contributed by atoms with Crippen molar-refractivity contribution >= 4 is 84.3 Å². The van der Waals surface area contributed by atoms with Gasteiger partial charge >= 0.3 is 5.89 Å². The maximum absolute atomic E-state index is 11.8. The third kappa shape index (κ3) is 8.81. The summed E-state index contributed by atoms with van der Waals surface area (Å²) in [6.45, 7) is 3.87. The van der Waals surface area contributed by atoms with Crippen LogP contribution in [0, 0.1) is 0 Å². The number of rotatable bonds is 12. The Labute approximate surface area is 296 Å². The van der Waals surface area contributed by atoms with Gasteiger partial charge in [-0.15, -0.1) is 0 Å². The van der Waals surface area contributed by atoms with Gasteiger partial charge in [-0.2, -0.15) is 13.0 Å². The second-order valence-electron chi connectivity index (χ2n) is 10.8. The van der Waals surface area contributed by atoms with Crippen LogP contribution < -0.4 is 14.2 Å². The number of ether oxygens (including phenoxy) is 1. The van der Waals surface area contributed by atoms with Crippen LogP contribution in [-0.2, 0) is 26.8 Å². The van der Waals surface area contributed by atoms with Crippen LogP contribution in [0.15, 0.2) is 88.7 Å². The predicted molar refractivity (Wildman–Crippen MR) is 178 cm³/mol. The average molecular weight is 696 g/mol. The molecule has 0 fully saturated rings. The van der Waals surface area contributed by atoms with Crippen LogP contribution in [0.5, 0.6) is 5.75 Å². The average Bonchev–Trinajstić information content (AvgIpc) is 3.50. The van der Waals surface area contributed by atoms with E-state index in [1.54, 1.807) is 23.1 Å². The van der Waals surface area contributed by atoms with Crippen LogP contribution in [0.4, 0.5) is 5.69 Å². The largest absolute Gasteiger partial charge is 0.748 e. The molecule has 10 nitrogen and oxygen atoms in total. The molecule has 1 atom stereocenters. The molecule has 46 heavy (non-hydrogen) atoms. The van der Waals surface area contributed by atoms with Crippen LogP contribution >= 0.6 is 11.6 Å². The van der Waals surface area contributed by atoms with Gasteiger partial charge in [0.1, 0.15) is 0 Å². The number of benzene rings is 3. The Morgan fingerprint density at radius 3 is 2.48 bits per heavy atom. The number of hydrogen-bond donors (Lipinski definition) is 1. The van der Waals surface area contributed by atoms with E-state index in [2.05, 4.69) is 0 Å². The van der Waals surface area contributed by atoms with E-state index < -0.39 is 31.2 Å². The van der Waals surface area contributed by atoms with Gasteiger partial charge in [0, 0.05) is 65.4 Å². The first-order chi connectivity index (χ1) is 21.3. The summed E-state index contributed by atoms with van der Waals surface area (Å²) in [5, 5.41) is -0.510. The molecule has 2 heterocycles. The first-order valence-corrected chi connectivity index (χ1v) is 17.9. The van der Waals surface area contributed by atoms with E-state index in [1.807, 2.05) is 72.2 Å². The fraction of sp³-hybridized carbons (Fsp3) is 0.281. The Morgan fingerprint density at radius 1 is 1.07 bits per heavy atom. The number of hydrogen-bond acceptors (Lipinski definition) is 8. The number of fused-ring (bicyclic) bond motifs is 2. The minimum absolute atomic E-state index is 0. The molecule has 3 aromatic carbocycles. The number of allylic oxidation sites excluding steroid dienone is 2. The molecule has 0 spiro atoms. The molecule has 1 N–H and O–H groups in total. The van der Waals surface area contributed by atoms with Gasteiger partial charge < -0.3 is 18.6 Å². The molecule has 1 aliphatic heterocycles. The van der Waals surface area contributed by atoms with Crippen molar-refractivity contribution in [3.05, 3.63) is 95.2 Å². The summed E-state index contributed by atoms with van der Waals surface area (Å²) in [6, 6.07) is 20.8. The zero-order valence-corrected chi connectivity index (χ0v) is 30.1. The molecule has 1 aliphatic rings. The van der Waals surface area contributed by atoms with Gasteiger partial charge in [0.2, 0.25) is 11.5 Å².